The maximum absolute atomic E-state index is 13.1. The van der Waals surface area contributed by atoms with Crippen LogP contribution in [0.15, 0.2) is 44.6 Å². The predicted octanol–water partition coefficient (Wildman–Crippen LogP) is 2.78. The molecule has 1 fully saturated rings. The standard InChI is InChI=1S/C19H16BrFN6O3/c1-10-16-18(28)26(9-22-27(16)19(20)23-10)7-15-24-17(25-30-15)12-6-14(29-8-12)11-2-4-13(21)5-3-11/h2-5,9,12,14H,6-8H2,1H3/t12-,14+/m0/s1. The van der Waals surface area contributed by atoms with Gasteiger partial charge in [-0.1, -0.05) is 17.3 Å². The van der Waals surface area contributed by atoms with Crippen molar-refractivity contribution in [1.82, 2.24) is 29.3 Å². The van der Waals surface area contributed by atoms with Gasteiger partial charge < -0.3 is 9.26 Å². The molecule has 3 aromatic heterocycles. The maximum atomic E-state index is 13.1. The Kier molecular flexibility index (Phi) is 4.70. The Labute approximate surface area is 177 Å². The van der Waals surface area contributed by atoms with Crippen molar-refractivity contribution in [3.05, 3.63) is 74.5 Å². The molecule has 0 bridgehead atoms. The first kappa shape index (κ1) is 19.1. The molecule has 11 heteroatoms. The summed E-state index contributed by atoms with van der Waals surface area (Å²) in [6.45, 7) is 2.29. The van der Waals surface area contributed by atoms with E-state index in [1.807, 2.05) is 0 Å². The Bertz CT molecular complexity index is 1280. The Morgan fingerprint density at radius 2 is 2.07 bits per heavy atom. The first-order chi connectivity index (χ1) is 14.5. The fraction of sp³-hybridized carbons (Fsp3) is 0.316. The average molecular weight is 475 g/mol. The van der Waals surface area contributed by atoms with Crippen LogP contribution in [-0.4, -0.2) is 35.9 Å². The van der Waals surface area contributed by atoms with Crippen LogP contribution in [0.25, 0.3) is 5.52 Å². The molecule has 0 unspecified atom stereocenters. The molecule has 154 valence electrons. The smallest absolute Gasteiger partial charge is 0.280 e. The minimum Gasteiger partial charge on any atom is -0.373 e. The van der Waals surface area contributed by atoms with Gasteiger partial charge in [-0.2, -0.15) is 10.1 Å². The van der Waals surface area contributed by atoms with Gasteiger partial charge in [-0.3, -0.25) is 9.36 Å². The third kappa shape index (κ3) is 3.33. The molecule has 5 rings (SSSR count). The van der Waals surface area contributed by atoms with E-state index in [1.165, 1.54) is 27.5 Å². The summed E-state index contributed by atoms with van der Waals surface area (Å²) in [6, 6.07) is 6.27. The van der Waals surface area contributed by atoms with Crippen LogP contribution in [-0.2, 0) is 11.3 Å². The van der Waals surface area contributed by atoms with Gasteiger partial charge in [-0.05, 0) is 47.0 Å². The van der Waals surface area contributed by atoms with E-state index >= 15 is 0 Å². The number of hydrogen-bond acceptors (Lipinski definition) is 7. The highest BCUT2D eigenvalue weighted by molar-refractivity contribution is 9.10. The molecule has 1 aliphatic rings. The van der Waals surface area contributed by atoms with E-state index in [9.17, 15) is 9.18 Å². The molecule has 0 spiro atoms. The quantitative estimate of drug-likeness (QED) is 0.448. The van der Waals surface area contributed by atoms with Gasteiger partial charge in [0.1, 0.15) is 18.7 Å². The predicted molar refractivity (Wildman–Crippen MR) is 106 cm³/mol. The molecular formula is C19H16BrFN6O3. The third-order valence-electron chi connectivity index (χ3n) is 5.15. The van der Waals surface area contributed by atoms with Crippen LogP contribution in [0, 0.1) is 12.7 Å². The lowest BCUT2D eigenvalue weighted by Crippen LogP contribution is -2.24. The van der Waals surface area contributed by atoms with E-state index in [0.29, 0.717) is 40.7 Å². The minimum absolute atomic E-state index is 0.0390. The largest absolute Gasteiger partial charge is 0.373 e. The number of imidazole rings is 1. The van der Waals surface area contributed by atoms with Crippen LogP contribution in [0.4, 0.5) is 4.39 Å². The molecule has 2 atom stereocenters. The average Bonchev–Trinajstić information content (AvgIpc) is 3.44. The van der Waals surface area contributed by atoms with E-state index in [-0.39, 0.29) is 29.9 Å². The Balaban J connectivity index is 1.33. The van der Waals surface area contributed by atoms with Gasteiger partial charge in [0.25, 0.3) is 5.56 Å². The molecule has 9 nitrogen and oxygen atoms in total. The SMILES string of the molecule is Cc1nc(Br)n2ncn(Cc3nc([C@@H]4CO[C@@H](c5ccc(F)cc5)C4)no3)c(=O)c12. The molecule has 1 aliphatic heterocycles. The number of benzene rings is 1. The van der Waals surface area contributed by atoms with Gasteiger partial charge >= 0.3 is 0 Å². The Morgan fingerprint density at radius 1 is 1.27 bits per heavy atom. The van der Waals surface area contributed by atoms with Crippen LogP contribution in [0.1, 0.15) is 41.4 Å². The first-order valence-electron chi connectivity index (χ1n) is 9.29. The second kappa shape index (κ2) is 7.40. The number of aryl methyl sites for hydroxylation is 1. The summed E-state index contributed by atoms with van der Waals surface area (Å²) in [7, 11) is 0. The number of nitrogens with zero attached hydrogens (tertiary/aromatic N) is 6. The van der Waals surface area contributed by atoms with E-state index in [4.69, 9.17) is 9.26 Å². The first-order valence-corrected chi connectivity index (χ1v) is 10.1. The lowest BCUT2D eigenvalue weighted by molar-refractivity contribution is 0.110. The lowest BCUT2D eigenvalue weighted by Gasteiger charge is -2.08. The number of fused-ring (bicyclic) bond motifs is 1. The zero-order valence-corrected chi connectivity index (χ0v) is 17.4. The van der Waals surface area contributed by atoms with Crippen molar-refractivity contribution < 1.29 is 13.7 Å². The number of ether oxygens (including phenoxy) is 1. The molecule has 1 aromatic carbocycles. The van der Waals surface area contributed by atoms with Gasteiger partial charge in [0.05, 0.1) is 18.4 Å². The monoisotopic (exact) mass is 474 g/mol. The fourth-order valence-electron chi connectivity index (χ4n) is 3.61. The molecule has 0 saturated carbocycles. The zero-order chi connectivity index (χ0) is 20.8. The van der Waals surface area contributed by atoms with Crippen molar-refractivity contribution in [2.24, 2.45) is 0 Å². The van der Waals surface area contributed by atoms with E-state index < -0.39 is 0 Å². The van der Waals surface area contributed by atoms with Crippen molar-refractivity contribution in [3.63, 3.8) is 0 Å². The summed E-state index contributed by atoms with van der Waals surface area (Å²) in [5.41, 5.74) is 1.63. The molecule has 4 aromatic rings. The molecule has 0 amide bonds. The normalized spacial score (nSPS) is 19.0. The molecule has 0 N–H and O–H groups in total. The highest BCUT2D eigenvalue weighted by Gasteiger charge is 2.31. The molecule has 4 heterocycles. The summed E-state index contributed by atoms with van der Waals surface area (Å²) >= 11 is 3.28. The van der Waals surface area contributed by atoms with Crippen molar-refractivity contribution >= 4 is 21.4 Å². The van der Waals surface area contributed by atoms with Crippen LogP contribution in [0.3, 0.4) is 0 Å². The number of aromatic nitrogens is 6. The summed E-state index contributed by atoms with van der Waals surface area (Å²) in [5.74, 6) is 0.514. The summed E-state index contributed by atoms with van der Waals surface area (Å²) < 4.78 is 27.6. The molecular weight excluding hydrogens is 459 g/mol. The number of halogens is 2. The second-order valence-corrected chi connectivity index (χ2v) is 7.85. The van der Waals surface area contributed by atoms with Gasteiger partial charge in [-0.15, -0.1) is 0 Å². The number of hydrogen-bond donors (Lipinski definition) is 0. The molecule has 30 heavy (non-hydrogen) atoms. The van der Waals surface area contributed by atoms with Crippen LogP contribution in [0.5, 0.6) is 0 Å². The highest BCUT2D eigenvalue weighted by Crippen LogP contribution is 2.37. The molecule has 0 aliphatic carbocycles. The lowest BCUT2D eigenvalue weighted by atomic mass is 10.00. The Morgan fingerprint density at radius 3 is 2.87 bits per heavy atom. The van der Waals surface area contributed by atoms with Crippen molar-refractivity contribution in [2.75, 3.05) is 6.61 Å². The topological polar surface area (TPSA) is 100 Å². The van der Waals surface area contributed by atoms with E-state index in [2.05, 4.69) is 36.2 Å². The van der Waals surface area contributed by atoms with Crippen LogP contribution in [0.2, 0.25) is 0 Å². The van der Waals surface area contributed by atoms with Crippen molar-refractivity contribution in [1.29, 1.82) is 0 Å². The van der Waals surface area contributed by atoms with Gasteiger partial charge in [-0.25, -0.2) is 13.9 Å². The summed E-state index contributed by atoms with van der Waals surface area (Å²) in [6.07, 6.45) is 1.94. The minimum atomic E-state index is -0.280. The zero-order valence-electron chi connectivity index (χ0n) is 15.8. The van der Waals surface area contributed by atoms with Crippen LogP contribution >= 0.6 is 15.9 Å². The van der Waals surface area contributed by atoms with E-state index in [0.717, 1.165) is 5.56 Å². The second-order valence-electron chi connectivity index (χ2n) is 7.14. The van der Waals surface area contributed by atoms with E-state index in [1.54, 1.807) is 19.1 Å². The highest BCUT2D eigenvalue weighted by atomic mass is 79.9. The summed E-state index contributed by atoms with van der Waals surface area (Å²) in [4.78, 5) is 21.4. The molecule has 1 saturated heterocycles. The van der Waals surface area contributed by atoms with Gasteiger partial charge in [0, 0.05) is 5.92 Å². The maximum Gasteiger partial charge on any atom is 0.280 e. The third-order valence-corrected chi connectivity index (χ3v) is 5.67. The van der Waals surface area contributed by atoms with Gasteiger partial charge in [0.2, 0.25) is 5.89 Å². The van der Waals surface area contributed by atoms with Gasteiger partial charge in [0.15, 0.2) is 16.1 Å². The number of rotatable bonds is 4. The Hall–Kier alpha value is -2.92. The van der Waals surface area contributed by atoms with Crippen molar-refractivity contribution in [3.8, 4) is 0 Å². The molecule has 0 radical (unpaired) electrons. The summed E-state index contributed by atoms with van der Waals surface area (Å²) in [5, 5.41) is 8.29. The fourth-order valence-corrected chi connectivity index (χ4v) is 4.15. The van der Waals surface area contributed by atoms with Crippen LogP contribution < -0.4 is 5.56 Å². The van der Waals surface area contributed by atoms with Crippen molar-refractivity contribution in [2.45, 2.75) is 31.9 Å².